The van der Waals surface area contributed by atoms with E-state index in [1.54, 1.807) is 0 Å². The first-order valence-electron chi connectivity index (χ1n) is 5.88. The first kappa shape index (κ1) is 11.7. The number of aromatic nitrogens is 2. The number of aryl methyl sites for hydroxylation is 1. The zero-order valence-electron chi connectivity index (χ0n) is 9.59. The van der Waals surface area contributed by atoms with Crippen LogP contribution in [0.15, 0.2) is 18.2 Å². The second kappa shape index (κ2) is 4.35. The molecule has 0 unspecified atom stereocenters. The van der Waals surface area contributed by atoms with Gasteiger partial charge in [-0.3, -0.25) is 0 Å². The lowest BCUT2D eigenvalue weighted by Gasteiger charge is -2.08. The maximum atomic E-state index is 13.7. The molecule has 2 aromatic rings. The molecule has 1 aromatic heterocycles. The van der Waals surface area contributed by atoms with Gasteiger partial charge in [-0.1, -0.05) is 11.6 Å². The highest BCUT2D eigenvalue weighted by Crippen LogP contribution is 2.30. The van der Waals surface area contributed by atoms with E-state index in [1.807, 2.05) is 0 Å². The van der Waals surface area contributed by atoms with Gasteiger partial charge in [-0.25, -0.2) is 13.5 Å². The minimum Gasteiger partial charge on any atom is -0.219 e. The maximum Gasteiger partial charge on any atom is 0.151 e. The number of benzene rings is 1. The summed E-state index contributed by atoms with van der Waals surface area (Å²) < 4.78 is 28.0. The number of hydrogen-bond acceptors (Lipinski definition) is 1. The molecule has 94 valence electrons. The molecule has 1 heterocycles. The van der Waals surface area contributed by atoms with Crippen molar-refractivity contribution in [1.82, 2.24) is 9.78 Å². The van der Waals surface area contributed by atoms with Crippen molar-refractivity contribution in [2.75, 3.05) is 0 Å². The Balaban J connectivity index is 2.14. The van der Waals surface area contributed by atoms with Gasteiger partial charge in [-0.15, -0.1) is 0 Å². The van der Waals surface area contributed by atoms with Gasteiger partial charge in [0.15, 0.2) is 5.82 Å². The zero-order chi connectivity index (χ0) is 12.7. The van der Waals surface area contributed by atoms with Gasteiger partial charge in [-0.2, -0.15) is 5.10 Å². The highest BCUT2D eigenvalue weighted by atomic mass is 35.5. The molecule has 0 bridgehead atoms. The zero-order valence-corrected chi connectivity index (χ0v) is 10.3. The molecule has 0 atom stereocenters. The number of rotatable bonds is 1. The van der Waals surface area contributed by atoms with E-state index in [0.717, 1.165) is 43.0 Å². The minimum atomic E-state index is -0.656. The molecule has 1 aliphatic rings. The van der Waals surface area contributed by atoms with E-state index in [-0.39, 0.29) is 5.69 Å². The molecule has 0 aliphatic heterocycles. The van der Waals surface area contributed by atoms with Crippen molar-refractivity contribution in [2.24, 2.45) is 0 Å². The van der Waals surface area contributed by atoms with Crippen molar-refractivity contribution >= 4 is 11.6 Å². The monoisotopic (exact) mass is 268 g/mol. The first-order chi connectivity index (χ1) is 8.66. The maximum absolute atomic E-state index is 13.7. The van der Waals surface area contributed by atoms with Gasteiger partial charge in [-0.05, 0) is 37.8 Å². The lowest BCUT2D eigenvalue weighted by atomic mass is 9.99. The molecule has 1 aromatic carbocycles. The van der Waals surface area contributed by atoms with Gasteiger partial charge in [0.05, 0.1) is 5.69 Å². The Morgan fingerprint density at radius 1 is 1.17 bits per heavy atom. The van der Waals surface area contributed by atoms with Crippen LogP contribution in [0, 0.1) is 11.6 Å². The van der Waals surface area contributed by atoms with E-state index in [1.165, 1.54) is 16.8 Å². The van der Waals surface area contributed by atoms with Gasteiger partial charge in [0.25, 0.3) is 0 Å². The molecule has 0 radical (unpaired) electrons. The average molecular weight is 269 g/mol. The lowest BCUT2D eigenvalue weighted by Crippen LogP contribution is -2.01. The largest absolute Gasteiger partial charge is 0.219 e. The number of fused-ring (bicyclic) bond motifs is 1. The molecule has 0 saturated carbocycles. The Morgan fingerprint density at radius 3 is 2.67 bits per heavy atom. The molecular formula is C13H11ClF2N2. The highest BCUT2D eigenvalue weighted by Gasteiger charge is 2.21. The van der Waals surface area contributed by atoms with Crippen LogP contribution in [0.5, 0.6) is 0 Å². The third kappa shape index (κ3) is 1.81. The Labute approximate surface area is 108 Å². The van der Waals surface area contributed by atoms with Crippen molar-refractivity contribution in [3.63, 3.8) is 0 Å². The average Bonchev–Trinajstić information content (AvgIpc) is 2.68. The third-order valence-corrected chi connectivity index (χ3v) is 3.62. The summed E-state index contributed by atoms with van der Waals surface area (Å²) in [6, 6.07) is 3.40. The molecular weight excluding hydrogens is 258 g/mol. The predicted molar refractivity (Wildman–Crippen MR) is 65.1 cm³/mol. The molecule has 0 saturated heterocycles. The SMILES string of the molecule is Fc1ccc(-n2nc3c(c2Cl)CCCC3)c(F)c1. The Morgan fingerprint density at radius 2 is 1.94 bits per heavy atom. The van der Waals surface area contributed by atoms with Gasteiger partial charge < -0.3 is 0 Å². The van der Waals surface area contributed by atoms with Crippen LogP contribution in [0.2, 0.25) is 5.15 Å². The molecule has 0 fully saturated rings. The van der Waals surface area contributed by atoms with Crippen molar-refractivity contribution in [2.45, 2.75) is 25.7 Å². The van der Waals surface area contributed by atoms with E-state index in [4.69, 9.17) is 11.6 Å². The van der Waals surface area contributed by atoms with Crippen LogP contribution in [0.3, 0.4) is 0 Å². The second-order valence-electron chi connectivity index (χ2n) is 4.43. The molecule has 18 heavy (non-hydrogen) atoms. The van der Waals surface area contributed by atoms with E-state index in [2.05, 4.69) is 5.10 Å². The van der Waals surface area contributed by atoms with E-state index < -0.39 is 11.6 Å². The summed E-state index contributed by atoms with van der Waals surface area (Å²) in [5, 5.41) is 4.77. The lowest BCUT2D eigenvalue weighted by molar-refractivity contribution is 0.573. The van der Waals surface area contributed by atoms with Gasteiger partial charge in [0.2, 0.25) is 0 Å². The number of hydrogen-bond donors (Lipinski definition) is 0. The smallest absolute Gasteiger partial charge is 0.151 e. The summed E-state index contributed by atoms with van der Waals surface area (Å²) in [6.45, 7) is 0. The number of nitrogens with zero attached hydrogens (tertiary/aromatic N) is 2. The molecule has 5 heteroatoms. The van der Waals surface area contributed by atoms with Crippen molar-refractivity contribution in [3.05, 3.63) is 46.2 Å². The van der Waals surface area contributed by atoms with Crippen molar-refractivity contribution < 1.29 is 8.78 Å². The molecule has 0 amide bonds. The van der Waals surface area contributed by atoms with Gasteiger partial charge in [0.1, 0.15) is 16.7 Å². The highest BCUT2D eigenvalue weighted by molar-refractivity contribution is 6.30. The van der Waals surface area contributed by atoms with E-state index in [0.29, 0.717) is 5.15 Å². The molecule has 3 rings (SSSR count). The summed E-state index contributed by atoms with van der Waals surface area (Å²) in [5.74, 6) is -1.26. The fraction of sp³-hybridized carbons (Fsp3) is 0.308. The quantitative estimate of drug-likeness (QED) is 0.771. The van der Waals surface area contributed by atoms with Crippen LogP contribution in [-0.4, -0.2) is 9.78 Å². The summed E-state index contributed by atoms with van der Waals surface area (Å²) in [4.78, 5) is 0. The summed E-state index contributed by atoms with van der Waals surface area (Å²) in [5.41, 5.74) is 2.11. The molecule has 1 aliphatic carbocycles. The normalized spacial score (nSPS) is 14.6. The molecule has 0 spiro atoms. The predicted octanol–water partition coefficient (Wildman–Crippen LogP) is 3.68. The second-order valence-corrected chi connectivity index (χ2v) is 4.79. The first-order valence-corrected chi connectivity index (χ1v) is 6.26. The van der Waals surface area contributed by atoms with Crippen LogP contribution >= 0.6 is 11.6 Å². The van der Waals surface area contributed by atoms with Crippen LogP contribution in [0.1, 0.15) is 24.1 Å². The Hall–Kier alpha value is -1.42. The van der Waals surface area contributed by atoms with E-state index >= 15 is 0 Å². The number of halogens is 3. The van der Waals surface area contributed by atoms with E-state index in [9.17, 15) is 8.78 Å². The minimum absolute atomic E-state index is 0.191. The third-order valence-electron chi connectivity index (χ3n) is 3.23. The van der Waals surface area contributed by atoms with Crippen LogP contribution < -0.4 is 0 Å². The Kier molecular flexibility index (Phi) is 2.82. The fourth-order valence-electron chi connectivity index (χ4n) is 2.33. The summed E-state index contributed by atoms with van der Waals surface area (Å²) in [7, 11) is 0. The van der Waals surface area contributed by atoms with Gasteiger partial charge >= 0.3 is 0 Å². The van der Waals surface area contributed by atoms with Crippen LogP contribution in [-0.2, 0) is 12.8 Å². The van der Waals surface area contributed by atoms with Crippen molar-refractivity contribution in [3.8, 4) is 5.69 Å². The van der Waals surface area contributed by atoms with Crippen LogP contribution in [0.4, 0.5) is 8.78 Å². The topological polar surface area (TPSA) is 17.8 Å². The van der Waals surface area contributed by atoms with Gasteiger partial charge in [0, 0.05) is 11.6 Å². The van der Waals surface area contributed by atoms with Crippen molar-refractivity contribution in [1.29, 1.82) is 0 Å². The van der Waals surface area contributed by atoms with Crippen LogP contribution in [0.25, 0.3) is 5.69 Å². The Bertz CT molecular complexity index is 607. The molecule has 2 nitrogen and oxygen atoms in total. The standard InChI is InChI=1S/C13H11ClF2N2/c14-13-9-3-1-2-4-11(9)17-18(13)12-6-5-8(15)7-10(12)16/h5-7H,1-4H2. The summed E-state index contributed by atoms with van der Waals surface area (Å²) in [6.07, 6.45) is 3.89. The fourth-order valence-corrected chi connectivity index (χ4v) is 2.66. The summed E-state index contributed by atoms with van der Waals surface area (Å²) >= 11 is 6.23. The molecule has 0 N–H and O–H groups in total.